The average Bonchev–Trinajstić information content (AvgIpc) is 2.15. The van der Waals surface area contributed by atoms with E-state index in [1.54, 1.807) is 0 Å². The summed E-state index contributed by atoms with van der Waals surface area (Å²) in [4.78, 5) is 0. The van der Waals surface area contributed by atoms with Crippen molar-refractivity contribution in [1.82, 2.24) is 5.06 Å². The van der Waals surface area contributed by atoms with Gasteiger partial charge in [-0.3, -0.25) is 0 Å². The number of hydrogen-bond acceptors (Lipinski definition) is 2. The molecule has 82 valence electrons. The van der Waals surface area contributed by atoms with Crippen LogP contribution in [-0.2, 0) is 18.4 Å². The topological polar surface area (TPSA) is 23.5 Å². The summed E-state index contributed by atoms with van der Waals surface area (Å²) in [6, 6.07) is 6.66. The molecule has 0 saturated carbocycles. The van der Waals surface area contributed by atoms with Gasteiger partial charge >= 0.3 is 0 Å². The molecule has 0 spiro atoms. The molecule has 1 N–H and O–H groups in total. The third kappa shape index (κ3) is 2.21. The summed E-state index contributed by atoms with van der Waals surface area (Å²) in [6.45, 7) is 8.07. The van der Waals surface area contributed by atoms with Crippen LogP contribution in [0.1, 0.15) is 37.5 Å². The van der Waals surface area contributed by atoms with Crippen molar-refractivity contribution in [2.75, 3.05) is 6.54 Å². The lowest BCUT2D eigenvalue weighted by Crippen LogP contribution is -2.27. The number of hydroxylamine groups is 2. The van der Waals surface area contributed by atoms with Crippen LogP contribution in [0.2, 0.25) is 0 Å². The van der Waals surface area contributed by atoms with Gasteiger partial charge in [0.15, 0.2) is 0 Å². The Labute approximate surface area is 91.5 Å². The van der Waals surface area contributed by atoms with E-state index in [-0.39, 0.29) is 5.41 Å². The normalized spacial score (nSPS) is 17.6. The number of hydrogen-bond donors (Lipinski definition) is 1. The summed E-state index contributed by atoms with van der Waals surface area (Å²) in [5, 5.41) is 10.9. The molecular formula is C13H19NO. The van der Waals surface area contributed by atoms with Gasteiger partial charge in [0.05, 0.1) is 0 Å². The minimum absolute atomic E-state index is 0.187. The smallest absolute Gasteiger partial charge is 0.0491 e. The van der Waals surface area contributed by atoms with Gasteiger partial charge in [-0.15, -0.1) is 0 Å². The third-order valence-corrected chi connectivity index (χ3v) is 3.06. The number of nitrogens with zero attached hydrogens (tertiary/aromatic N) is 1. The van der Waals surface area contributed by atoms with Crippen molar-refractivity contribution in [1.29, 1.82) is 0 Å². The first kappa shape index (κ1) is 10.7. The molecule has 2 rings (SSSR count). The molecule has 0 atom stereocenters. The summed E-state index contributed by atoms with van der Waals surface area (Å²) in [7, 11) is 0. The lowest BCUT2D eigenvalue weighted by atomic mass is 9.84. The fourth-order valence-corrected chi connectivity index (χ4v) is 2.01. The van der Waals surface area contributed by atoms with E-state index in [4.69, 9.17) is 0 Å². The summed E-state index contributed by atoms with van der Waals surface area (Å²) in [5.41, 5.74) is 4.19. The van der Waals surface area contributed by atoms with Crippen LogP contribution in [0.15, 0.2) is 18.2 Å². The predicted molar refractivity (Wildman–Crippen MR) is 61.0 cm³/mol. The van der Waals surface area contributed by atoms with E-state index in [2.05, 4.69) is 39.0 Å². The fraction of sp³-hybridized carbons (Fsp3) is 0.538. The Morgan fingerprint density at radius 1 is 1.20 bits per heavy atom. The molecule has 15 heavy (non-hydrogen) atoms. The largest absolute Gasteiger partial charge is 0.314 e. The SMILES string of the molecule is CC(C)(C)c1ccc2c(c1)CN(O)CC2. The Balaban J connectivity index is 2.37. The first-order valence-electron chi connectivity index (χ1n) is 5.53. The van der Waals surface area contributed by atoms with Gasteiger partial charge in [-0.25, -0.2) is 0 Å². The molecule has 2 nitrogen and oxygen atoms in total. The highest BCUT2D eigenvalue weighted by molar-refractivity contribution is 5.36. The molecule has 1 aromatic carbocycles. The Hall–Kier alpha value is -0.860. The molecule has 0 amide bonds. The fourth-order valence-electron chi connectivity index (χ4n) is 2.01. The Morgan fingerprint density at radius 3 is 2.60 bits per heavy atom. The van der Waals surface area contributed by atoms with Gasteiger partial charge in [-0.05, 0) is 28.5 Å². The third-order valence-electron chi connectivity index (χ3n) is 3.06. The summed E-state index contributed by atoms with van der Waals surface area (Å²) < 4.78 is 0. The second kappa shape index (κ2) is 3.62. The van der Waals surface area contributed by atoms with Crippen LogP contribution in [0.3, 0.4) is 0 Å². The van der Waals surface area contributed by atoms with E-state index >= 15 is 0 Å². The second-order valence-electron chi connectivity index (χ2n) is 5.37. The van der Waals surface area contributed by atoms with Gasteiger partial charge in [0.1, 0.15) is 0 Å². The zero-order valence-corrected chi connectivity index (χ0v) is 9.75. The number of benzene rings is 1. The van der Waals surface area contributed by atoms with Crippen LogP contribution in [0.5, 0.6) is 0 Å². The van der Waals surface area contributed by atoms with Crippen LogP contribution in [0, 0.1) is 0 Å². The molecule has 0 aromatic heterocycles. The first-order valence-corrected chi connectivity index (χ1v) is 5.53. The number of rotatable bonds is 0. The maximum Gasteiger partial charge on any atom is 0.0491 e. The molecule has 0 fully saturated rings. The van der Waals surface area contributed by atoms with E-state index in [9.17, 15) is 5.21 Å². The molecule has 1 aromatic rings. The summed E-state index contributed by atoms with van der Waals surface area (Å²) in [5.74, 6) is 0. The van der Waals surface area contributed by atoms with E-state index in [1.807, 2.05) is 0 Å². The monoisotopic (exact) mass is 205 g/mol. The van der Waals surface area contributed by atoms with Crippen molar-refractivity contribution in [3.05, 3.63) is 34.9 Å². The van der Waals surface area contributed by atoms with Gasteiger partial charge in [0.25, 0.3) is 0 Å². The molecule has 0 unspecified atom stereocenters. The first-order chi connectivity index (χ1) is 6.97. The molecule has 1 aliphatic rings. The lowest BCUT2D eigenvalue weighted by Gasteiger charge is -2.26. The highest BCUT2D eigenvalue weighted by Crippen LogP contribution is 2.26. The zero-order valence-electron chi connectivity index (χ0n) is 9.75. The van der Waals surface area contributed by atoms with E-state index < -0.39 is 0 Å². The van der Waals surface area contributed by atoms with Crippen LogP contribution in [0.25, 0.3) is 0 Å². The second-order valence-corrected chi connectivity index (χ2v) is 5.37. The molecule has 0 radical (unpaired) electrons. The van der Waals surface area contributed by atoms with Gasteiger partial charge in [-0.2, -0.15) is 5.06 Å². The van der Waals surface area contributed by atoms with E-state index in [1.165, 1.54) is 21.8 Å². The van der Waals surface area contributed by atoms with Crippen molar-refractivity contribution in [3.8, 4) is 0 Å². The highest BCUT2D eigenvalue weighted by Gasteiger charge is 2.18. The van der Waals surface area contributed by atoms with Crippen molar-refractivity contribution in [2.45, 2.75) is 39.2 Å². The molecule has 0 saturated heterocycles. The van der Waals surface area contributed by atoms with Gasteiger partial charge in [0, 0.05) is 13.1 Å². The lowest BCUT2D eigenvalue weighted by molar-refractivity contribution is -0.103. The minimum Gasteiger partial charge on any atom is -0.314 e. The Bertz CT molecular complexity index is 365. The molecule has 0 aliphatic carbocycles. The van der Waals surface area contributed by atoms with Crippen LogP contribution in [0.4, 0.5) is 0 Å². The molecule has 1 aliphatic heterocycles. The summed E-state index contributed by atoms with van der Waals surface area (Å²) in [6.07, 6.45) is 0.955. The molecule has 2 heteroatoms. The average molecular weight is 205 g/mol. The van der Waals surface area contributed by atoms with Crippen molar-refractivity contribution < 1.29 is 5.21 Å². The van der Waals surface area contributed by atoms with Crippen LogP contribution >= 0.6 is 0 Å². The molecule has 1 heterocycles. The van der Waals surface area contributed by atoms with Crippen molar-refractivity contribution in [3.63, 3.8) is 0 Å². The Morgan fingerprint density at radius 2 is 1.93 bits per heavy atom. The standard InChI is InChI=1S/C13H19NO/c1-13(2,3)12-5-4-10-6-7-14(15)9-11(10)8-12/h4-5,8,15H,6-7,9H2,1-3H3. The van der Waals surface area contributed by atoms with Gasteiger partial charge in [-0.1, -0.05) is 39.0 Å². The summed E-state index contributed by atoms with van der Waals surface area (Å²) >= 11 is 0. The van der Waals surface area contributed by atoms with Crippen molar-refractivity contribution >= 4 is 0 Å². The quantitative estimate of drug-likeness (QED) is 0.704. The van der Waals surface area contributed by atoms with Crippen LogP contribution < -0.4 is 0 Å². The molecular weight excluding hydrogens is 186 g/mol. The van der Waals surface area contributed by atoms with Gasteiger partial charge < -0.3 is 5.21 Å². The van der Waals surface area contributed by atoms with Gasteiger partial charge in [0.2, 0.25) is 0 Å². The maximum atomic E-state index is 9.48. The zero-order chi connectivity index (χ0) is 11.1. The minimum atomic E-state index is 0.187. The van der Waals surface area contributed by atoms with Crippen molar-refractivity contribution in [2.24, 2.45) is 0 Å². The predicted octanol–water partition coefficient (Wildman–Crippen LogP) is 2.73. The van der Waals surface area contributed by atoms with E-state index in [0.717, 1.165) is 13.0 Å². The highest BCUT2D eigenvalue weighted by atomic mass is 16.5. The molecule has 0 bridgehead atoms. The maximum absolute atomic E-state index is 9.48. The number of fused-ring (bicyclic) bond motifs is 1. The Kier molecular flexibility index (Phi) is 2.57. The van der Waals surface area contributed by atoms with Crippen LogP contribution in [-0.4, -0.2) is 16.8 Å². The van der Waals surface area contributed by atoms with E-state index in [0.29, 0.717) is 6.54 Å².